The van der Waals surface area contributed by atoms with Crippen molar-refractivity contribution in [3.05, 3.63) is 12.5 Å². The van der Waals surface area contributed by atoms with Crippen LogP contribution in [0.25, 0.3) is 0 Å². The SMILES string of the molecule is C=C(NC(=O)C(CC)(C(N)=O)C(C)CC)OC. The van der Waals surface area contributed by atoms with E-state index in [-0.39, 0.29) is 11.8 Å². The molecule has 0 aromatic heterocycles. The average molecular weight is 242 g/mol. The third-order valence-electron chi connectivity index (χ3n) is 3.36. The lowest BCUT2D eigenvalue weighted by Gasteiger charge is -2.33. The molecular formula is C12H22N2O3. The van der Waals surface area contributed by atoms with Gasteiger partial charge in [-0.2, -0.15) is 0 Å². The number of hydrogen-bond donors (Lipinski definition) is 2. The lowest BCUT2D eigenvalue weighted by Crippen LogP contribution is -2.53. The zero-order valence-electron chi connectivity index (χ0n) is 11.0. The van der Waals surface area contributed by atoms with E-state index in [0.717, 1.165) is 0 Å². The molecule has 5 nitrogen and oxygen atoms in total. The standard InChI is InChI=1S/C12H22N2O3/c1-6-8(3)12(7-2,10(13)15)11(16)14-9(4)17-5/h8H,4,6-7H2,1-3,5H3,(H2,13,15)(H,14,16). The van der Waals surface area contributed by atoms with Gasteiger partial charge in [-0.05, 0) is 18.9 Å². The Balaban J connectivity index is 5.23. The fraction of sp³-hybridized carbons (Fsp3) is 0.667. The van der Waals surface area contributed by atoms with Crippen LogP contribution in [0, 0.1) is 11.3 Å². The molecule has 0 radical (unpaired) electrons. The van der Waals surface area contributed by atoms with Crippen molar-refractivity contribution in [3.63, 3.8) is 0 Å². The molecule has 5 heteroatoms. The third kappa shape index (κ3) is 2.99. The van der Waals surface area contributed by atoms with Gasteiger partial charge in [0.25, 0.3) is 0 Å². The van der Waals surface area contributed by atoms with E-state index in [4.69, 9.17) is 10.5 Å². The Morgan fingerprint density at radius 2 is 2.00 bits per heavy atom. The van der Waals surface area contributed by atoms with Crippen LogP contribution in [-0.4, -0.2) is 18.9 Å². The van der Waals surface area contributed by atoms with E-state index >= 15 is 0 Å². The summed E-state index contributed by atoms with van der Waals surface area (Å²) < 4.78 is 4.78. The lowest BCUT2D eigenvalue weighted by molar-refractivity contribution is -0.145. The Morgan fingerprint density at radius 3 is 2.29 bits per heavy atom. The van der Waals surface area contributed by atoms with Crippen molar-refractivity contribution in [3.8, 4) is 0 Å². The van der Waals surface area contributed by atoms with E-state index in [9.17, 15) is 9.59 Å². The number of methoxy groups -OCH3 is 1. The normalized spacial score (nSPS) is 15.5. The molecule has 0 aromatic rings. The Bertz CT molecular complexity index is 315. The molecule has 0 spiro atoms. The number of primary amides is 1. The highest BCUT2D eigenvalue weighted by atomic mass is 16.5. The second-order valence-corrected chi connectivity index (χ2v) is 4.08. The van der Waals surface area contributed by atoms with E-state index in [1.165, 1.54) is 7.11 Å². The highest BCUT2D eigenvalue weighted by molar-refractivity contribution is 6.05. The summed E-state index contributed by atoms with van der Waals surface area (Å²) in [5.41, 5.74) is 4.19. The Kier molecular flexibility index (Phi) is 5.71. The summed E-state index contributed by atoms with van der Waals surface area (Å²) in [5, 5.41) is 2.46. The lowest BCUT2D eigenvalue weighted by atomic mass is 9.71. The maximum atomic E-state index is 12.2. The molecular weight excluding hydrogens is 220 g/mol. The van der Waals surface area contributed by atoms with Gasteiger partial charge in [-0.1, -0.05) is 27.2 Å². The van der Waals surface area contributed by atoms with Gasteiger partial charge in [-0.15, -0.1) is 0 Å². The molecule has 0 aliphatic heterocycles. The highest BCUT2D eigenvalue weighted by Crippen LogP contribution is 2.34. The Labute approximate surface area is 102 Å². The number of carbonyl (C=O) groups is 2. The maximum Gasteiger partial charge on any atom is 0.242 e. The first kappa shape index (κ1) is 15.5. The summed E-state index contributed by atoms with van der Waals surface area (Å²) in [6.07, 6.45) is 1.03. The second kappa shape index (κ2) is 6.27. The van der Waals surface area contributed by atoms with E-state index in [0.29, 0.717) is 12.8 Å². The molecule has 2 amide bonds. The first-order valence-corrected chi connectivity index (χ1v) is 5.70. The van der Waals surface area contributed by atoms with E-state index in [1.807, 2.05) is 13.8 Å². The van der Waals surface area contributed by atoms with Crippen molar-refractivity contribution in [1.82, 2.24) is 5.32 Å². The molecule has 0 aliphatic carbocycles. The van der Waals surface area contributed by atoms with Crippen molar-refractivity contribution in [2.75, 3.05) is 7.11 Å². The molecule has 0 bridgehead atoms. The van der Waals surface area contributed by atoms with Crippen LogP contribution in [0.3, 0.4) is 0 Å². The minimum absolute atomic E-state index is 0.109. The van der Waals surface area contributed by atoms with Crippen molar-refractivity contribution < 1.29 is 14.3 Å². The quantitative estimate of drug-likeness (QED) is 0.519. The molecule has 0 rings (SSSR count). The number of amides is 2. The fourth-order valence-corrected chi connectivity index (χ4v) is 1.90. The summed E-state index contributed by atoms with van der Waals surface area (Å²) in [4.78, 5) is 23.8. The van der Waals surface area contributed by atoms with Crippen molar-refractivity contribution in [1.29, 1.82) is 0 Å². The van der Waals surface area contributed by atoms with Crippen LogP contribution < -0.4 is 11.1 Å². The van der Waals surface area contributed by atoms with Crippen LogP contribution in [0.15, 0.2) is 12.5 Å². The number of nitrogens with one attached hydrogen (secondary N) is 1. The molecule has 0 fully saturated rings. The average Bonchev–Trinajstić information content (AvgIpc) is 2.29. The first-order chi connectivity index (χ1) is 7.86. The second-order valence-electron chi connectivity index (χ2n) is 4.08. The Morgan fingerprint density at radius 1 is 1.47 bits per heavy atom. The van der Waals surface area contributed by atoms with Gasteiger partial charge >= 0.3 is 0 Å². The van der Waals surface area contributed by atoms with Crippen molar-refractivity contribution >= 4 is 11.8 Å². The largest absolute Gasteiger partial charge is 0.483 e. The van der Waals surface area contributed by atoms with Gasteiger partial charge in [-0.3, -0.25) is 14.9 Å². The van der Waals surface area contributed by atoms with Gasteiger partial charge in [0.05, 0.1) is 7.11 Å². The number of nitrogens with two attached hydrogens (primary N) is 1. The molecule has 0 saturated heterocycles. The van der Waals surface area contributed by atoms with Crippen LogP contribution in [0.1, 0.15) is 33.6 Å². The van der Waals surface area contributed by atoms with Crippen LogP contribution >= 0.6 is 0 Å². The summed E-state index contributed by atoms with van der Waals surface area (Å²) in [5.74, 6) is -1.10. The Hall–Kier alpha value is -1.52. The van der Waals surface area contributed by atoms with Crippen LogP contribution in [0.2, 0.25) is 0 Å². The molecule has 0 aliphatic rings. The van der Waals surface area contributed by atoms with Crippen molar-refractivity contribution in [2.24, 2.45) is 17.1 Å². The van der Waals surface area contributed by atoms with Crippen LogP contribution in [0.5, 0.6) is 0 Å². The zero-order valence-corrected chi connectivity index (χ0v) is 11.0. The smallest absolute Gasteiger partial charge is 0.242 e. The molecule has 3 N–H and O–H groups in total. The van der Waals surface area contributed by atoms with E-state index < -0.39 is 17.2 Å². The number of carbonyl (C=O) groups excluding carboxylic acids is 2. The predicted molar refractivity (Wildman–Crippen MR) is 65.7 cm³/mol. The van der Waals surface area contributed by atoms with Gasteiger partial charge in [0, 0.05) is 0 Å². The van der Waals surface area contributed by atoms with Gasteiger partial charge in [0.1, 0.15) is 5.41 Å². The monoisotopic (exact) mass is 242 g/mol. The number of ether oxygens (including phenoxy) is 1. The highest BCUT2D eigenvalue weighted by Gasteiger charge is 2.46. The van der Waals surface area contributed by atoms with Crippen LogP contribution in [0.4, 0.5) is 0 Å². The molecule has 98 valence electrons. The third-order valence-corrected chi connectivity index (χ3v) is 3.36. The number of rotatable bonds is 7. The molecule has 0 heterocycles. The van der Waals surface area contributed by atoms with Gasteiger partial charge in [0.2, 0.25) is 11.8 Å². The first-order valence-electron chi connectivity index (χ1n) is 5.70. The minimum atomic E-state index is -1.21. The molecule has 2 atom stereocenters. The maximum absolute atomic E-state index is 12.2. The summed E-state index contributed by atoms with van der Waals surface area (Å²) in [6.45, 7) is 9.02. The summed E-state index contributed by atoms with van der Waals surface area (Å²) in [7, 11) is 1.39. The molecule has 0 aromatic carbocycles. The minimum Gasteiger partial charge on any atom is -0.483 e. The van der Waals surface area contributed by atoms with E-state index in [1.54, 1.807) is 6.92 Å². The van der Waals surface area contributed by atoms with Crippen molar-refractivity contribution in [2.45, 2.75) is 33.6 Å². The summed E-state index contributed by atoms with van der Waals surface area (Å²) >= 11 is 0. The van der Waals surface area contributed by atoms with Gasteiger partial charge in [-0.25, -0.2) is 0 Å². The van der Waals surface area contributed by atoms with Gasteiger partial charge in [0.15, 0.2) is 5.88 Å². The zero-order chi connectivity index (χ0) is 13.6. The molecule has 0 saturated carbocycles. The van der Waals surface area contributed by atoms with E-state index in [2.05, 4.69) is 11.9 Å². The fourth-order valence-electron chi connectivity index (χ4n) is 1.90. The number of hydrogen-bond acceptors (Lipinski definition) is 3. The molecule has 2 unspecified atom stereocenters. The van der Waals surface area contributed by atoms with Crippen LogP contribution in [-0.2, 0) is 14.3 Å². The summed E-state index contributed by atoms with van der Waals surface area (Å²) in [6, 6.07) is 0. The predicted octanol–water partition coefficient (Wildman–Crippen LogP) is 1.15. The topological polar surface area (TPSA) is 81.4 Å². The van der Waals surface area contributed by atoms with Gasteiger partial charge < -0.3 is 10.5 Å². The molecule has 17 heavy (non-hydrogen) atoms.